The molecule has 5 amide bonds. The molecular weight excluding hydrogens is 628 g/mol. The highest BCUT2D eigenvalue weighted by molar-refractivity contribution is 5.82. The van der Waals surface area contributed by atoms with Crippen molar-refractivity contribution in [1.29, 1.82) is 0 Å². The summed E-state index contributed by atoms with van der Waals surface area (Å²) in [6.45, 7) is 0.163. The van der Waals surface area contributed by atoms with Crippen molar-refractivity contribution in [2.75, 3.05) is 78.5 Å². The lowest BCUT2D eigenvalue weighted by molar-refractivity contribution is -0.139. The first-order chi connectivity index (χ1) is 23.5. The van der Waals surface area contributed by atoms with Crippen molar-refractivity contribution >= 4 is 35.5 Å². The van der Waals surface area contributed by atoms with Gasteiger partial charge < -0.3 is 34.9 Å². The van der Waals surface area contributed by atoms with Crippen LogP contribution < -0.4 is 5.32 Å². The van der Waals surface area contributed by atoms with Crippen LogP contribution in [0.5, 0.6) is 0 Å². The third kappa shape index (κ3) is 18.8. The Morgan fingerprint density at radius 2 is 0.694 bits per heavy atom. The zero-order chi connectivity index (χ0) is 37.0. The fourth-order valence-electron chi connectivity index (χ4n) is 4.31. The van der Waals surface area contributed by atoms with E-state index in [1.54, 1.807) is 0 Å². The number of nitrogens with one attached hydrogen (secondary N) is 1. The van der Waals surface area contributed by atoms with Gasteiger partial charge in [0.15, 0.2) is 0 Å². The highest BCUT2D eigenvalue weighted by Gasteiger charge is 2.22. The Bertz CT molecular complexity index is 1400. The van der Waals surface area contributed by atoms with Crippen molar-refractivity contribution in [3.63, 3.8) is 0 Å². The minimum absolute atomic E-state index is 0.0146. The zero-order valence-electron chi connectivity index (χ0n) is 27.8. The molecule has 0 heterocycles. The minimum Gasteiger partial charge on any atom is -0.481 e. The highest BCUT2D eigenvalue weighted by atomic mass is 16.4. The molecule has 0 unspecified atom stereocenters. The molecular formula is C36H44N6O7. The Hall–Kier alpha value is -5.86. The number of rotatable bonds is 24. The van der Waals surface area contributed by atoms with Crippen LogP contribution in [0, 0.1) is 74.1 Å². The van der Waals surface area contributed by atoms with Crippen LogP contribution in [-0.4, -0.2) is 144 Å². The SMILES string of the molecule is C#CCNCCC(=O)N(CC#C)CCC(=O)N(CC#C)CCC(=O)N(CC#C)CCC(=O)N(CC#C)CCC(=O)N(CC#C)CCC(=O)O. The molecule has 0 saturated carbocycles. The summed E-state index contributed by atoms with van der Waals surface area (Å²) < 4.78 is 0. The molecule has 13 heteroatoms. The molecule has 2 N–H and O–H groups in total. The maximum atomic E-state index is 13.1. The van der Waals surface area contributed by atoms with Gasteiger partial charge in [0.05, 0.1) is 45.7 Å². The van der Waals surface area contributed by atoms with Gasteiger partial charge in [-0.15, -0.1) is 38.5 Å². The maximum absolute atomic E-state index is 13.1. The minimum atomic E-state index is -1.09. The molecule has 0 fully saturated rings. The number of hydrogen-bond acceptors (Lipinski definition) is 7. The van der Waals surface area contributed by atoms with Crippen LogP contribution in [0.2, 0.25) is 0 Å². The molecule has 49 heavy (non-hydrogen) atoms. The lowest BCUT2D eigenvalue weighted by atomic mass is 10.2. The molecule has 0 atom stereocenters. The number of nitrogens with zero attached hydrogens (tertiary/aromatic N) is 5. The van der Waals surface area contributed by atoms with Gasteiger partial charge in [-0.05, 0) is 0 Å². The predicted octanol–water partition coefficient (Wildman–Crippen LogP) is -1.06. The molecule has 0 saturated heterocycles. The smallest absolute Gasteiger partial charge is 0.305 e. The van der Waals surface area contributed by atoms with E-state index in [9.17, 15) is 28.8 Å². The van der Waals surface area contributed by atoms with Gasteiger partial charge in [-0.2, -0.15) is 0 Å². The van der Waals surface area contributed by atoms with E-state index in [-0.39, 0.29) is 116 Å². The van der Waals surface area contributed by atoms with Gasteiger partial charge in [0, 0.05) is 71.4 Å². The van der Waals surface area contributed by atoms with Crippen LogP contribution in [0.4, 0.5) is 0 Å². The van der Waals surface area contributed by atoms with Gasteiger partial charge in [0.25, 0.3) is 0 Å². The summed E-state index contributed by atoms with van der Waals surface area (Å²) >= 11 is 0. The molecule has 0 aromatic rings. The van der Waals surface area contributed by atoms with E-state index in [0.717, 1.165) is 0 Å². The number of aliphatic carboxylic acids is 1. The summed E-state index contributed by atoms with van der Waals surface area (Å²) in [4.78, 5) is 81.7. The number of carboxylic acid groups (broad SMARTS) is 1. The Morgan fingerprint density at radius 3 is 0.939 bits per heavy atom. The van der Waals surface area contributed by atoms with Gasteiger partial charge in [-0.25, -0.2) is 0 Å². The lowest BCUT2D eigenvalue weighted by Gasteiger charge is -2.26. The van der Waals surface area contributed by atoms with E-state index < -0.39 is 23.7 Å². The Morgan fingerprint density at radius 1 is 0.429 bits per heavy atom. The van der Waals surface area contributed by atoms with E-state index in [1.165, 1.54) is 24.5 Å². The van der Waals surface area contributed by atoms with Gasteiger partial charge in [0.2, 0.25) is 29.5 Å². The molecule has 0 aliphatic carbocycles. The summed E-state index contributed by atoms with van der Waals surface area (Å²) in [5.41, 5.74) is 0. The third-order valence-corrected chi connectivity index (χ3v) is 6.89. The molecule has 0 aliphatic heterocycles. The fraction of sp³-hybridized carbons (Fsp3) is 0.500. The molecule has 260 valence electrons. The lowest BCUT2D eigenvalue weighted by Crippen LogP contribution is -2.42. The number of carbonyl (C=O) groups excluding carboxylic acids is 5. The van der Waals surface area contributed by atoms with Crippen LogP contribution in [0.25, 0.3) is 0 Å². The van der Waals surface area contributed by atoms with Crippen LogP contribution in [0.3, 0.4) is 0 Å². The van der Waals surface area contributed by atoms with E-state index in [2.05, 4.69) is 40.8 Å². The summed E-state index contributed by atoms with van der Waals surface area (Å²) in [6.07, 6.45) is 31.6. The van der Waals surface area contributed by atoms with Crippen LogP contribution in [-0.2, 0) is 28.8 Å². The topological polar surface area (TPSA) is 151 Å². The standard InChI is InChI=1S/C36H44N6O7/c1-7-19-37-20-13-31(43)38(21-8-2)26-14-32(44)39(22-9-3)27-15-33(45)40(23-10-4)28-16-34(46)41(24-11-5)29-17-35(47)42(25-12-6)30-18-36(48)49/h1-6,37H,13-30H2,(H,48,49). The fourth-order valence-corrected chi connectivity index (χ4v) is 4.31. The summed E-state index contributed by atoms with van der Waals surface area (Å²) in [7, 11) is 0. The van der Waals surface area contributed by atoms with E-state index >= 15 is 0 Å². The Balaban J connectivity index is 5.25. The third-order valence-electron chi connectivity index (χ3n) is 6.89. The predicted molar refractivity (Wildman–Crippen MR) is 184 cm³/mol. The average Bonchev–Trinajstić information content (AvgIpc) is 3.07. The molecule has 0 aromatic heterocycles. The van der Waals surface area contributed by atoms with Crippen LogP contribution in [0.1, 0.15) is 38.5 Å². The maximum Gasteiger partial charge on any atom is 0.305 e. The molecule has 0 bridgehead atoms. The number of carbonyl (C=O) groups is 6. The molecule has 13 nitrogen and oxygen atoms in total. The monoisotopic (exact) mass is 672 g/mol. The van der Waals surface area contributed by atoms with E-state index in [4.69, 9.17) is 43.6 Å². The van der Waals surface area contributed by atoms with Crippen molar-refractivity contribution in [3.05, 3.63) is 0 Å². The Kier molecular flexibility index (Phi) is 23.1. The molecule has 0 aliphatic rings. The average molecular weight is 673 g/mol. The normalized spacial score (nSPS) is 9.59. The van der Waals surface area contributed by atoms with Gasteiger partial charge in [-0.1, -0.05) is 35.5 Å². The van der Waals surface area contributed by atoms with Gasteiger partial charge in [0.1, 0.15) is 0 Å². The molecule has 0 rings (SSSR count). The second-order valence-electron chi connectivity index (χ2n) is 10.4. The Labute approximate surface area is 290 Å². The van der Waals surface area contributed by atoms with Crippen molar-refractivity contribution in [2.24, 2.45) is 0 Å². The van der Waals surface area contributed by atoms with Crippen LogP contribution in [0.15, 0.2) is 0 Å². The second kappa shape index (κ2) is 26.2. The number of terminal acetylenes is 6. The van der Waals surface area contributed by atoms with Gasteiger partial charge >= 0.3 is 5.97 Å². The van der Waals surface area contributed by atoms with E-state index in [1.807, 2.05) is 0 Å². The van der Waals surface area contributed by atoms with Crippen molar-refractivity contribution < 1.29 is 33.9 Å². The van der Waals surface area contributed by atoms with Crippen molar-refractivity contribution in [3.8, 4) is 74.1 Å². The second-order valence-corrected chi connectivity index (χ2v) is 10.4. The number of hydrogen-bond donors (Lipinski definition) is 2. The van der Waals surface area contributed by atoms with E-state index in [0.29, 0.717) is 13.1 Å². The first-order valence-electron chi connectivity index (χ1n) is 15.4. The number of carboxylic acids is 1. The molecule has 0 radical (unpaired) electrons. The van der Waals surface area contributed by atoms with Crippen molar-refractivity contribution in [1.82, 2.24) is 29.8 Å². The van der Waals surface area contributed by atoms with Gasteiger partial charge in [-0.3, -0.25) is 28.8 Å². The summed E-state index contributed by atoms with van der Waals surface area (Å²) in [6, 6.07) is 0. The first-order valence-corrected chi connectivity index (χ1v) is 15.4. The zero-order valence-corrected chi connectivity index (χ0v) is 27.8. The summed E-state index contributed by atoms with van der Waals surface area (Å²) in [5.74, 6) is 11.3. The first kappa shape index (κ1) is 43.1. The molecule has 0 aromatic carbocycles. The van der Waals surface area contributed by atoms with Crippen LogP contribution >= 0.6 is 0 Å². The highest BCUT2D eigenvalue weighted by Crippen LogP contribution is 2.06. The largest absolute Gasteiger partial charge is 0.481 e. The van der Waals surface area contributed by atoms with Crippen molar-refractivity contribution in [2.45, 2.75) is 38.5 Å². The number of amides is 5. The summed E-state index contributed by atoms with van der Waals surface area (Å²) in [5, 5.41) is 11.8. The quantitative estimate of drug-likeness (QED) is 0.0974. The molecule has 0 spiro atoms.